The van der Waals surface area contributed by atoms with E-state index in [0.717, 1.165) is 37.2 Å². The van der Waals surface area contributed by atoms with E-state index >= 15 is 0 Å². The summed E-state index contributed by atoms with van der Waals surface area (Å²) in [5.74, 6) is 0.0994. The van der Waals surface area contributed by atoms with E-state index in [-0.39, 0.29) is 11.3 Å². The Hall–Kier alpha value is -1.35. The molecule has 1 saturated heterocycles. The first-order valence-electron chi connectivity index (χ1n) is 5.72. The van der Waals surface area contributed by atoms with Crippen molar-refractivity contribution in [3.8, 4) is 0 Å². The summed E-state index contributed by atoms with van der Waals surface area (Å²) in [6.07, 6.45) is 6.17. The van der Waals surface area contributed by atoms with E-state index in [0.29, 0.717) is 6.42 Å². The topological polar surface area (TPSA) is 41.1 Å². The predicted molar refractivity (Wildman–Crippen MR) is 64.7 cm³/mol. The average Bonchev–Trinajstić information content (AvgIpc) is 2.29. The maximum absolute atomic E-state index is 11.7. The molecule has 0 aromatic heterocycles. The smallest absolute Gasteiger partial charge is 0.225 e. The Kier molecular flexibility index (Phi) is 2.97. The molecular formula is C13H18N2O. The van der Waals surface area contributed by atoms with Crippen LogP contribution in [0.5, 0.6) is 0 Å². The number of hydrogen-bond acceptors (Lipinski definition) is 2. The van der Waals surface area contributed by atoms with Crippen molar-refractivity contribution in [3.63, 3.8) is 0 Å². The fourth-order valence-corrected chi connectivity index (χ4v) is 2.79. The van der Waals surface area contributed by atoms with Crippen LogP contribution in [0.2, 0.25) is 0 Å². The van der Waals surface area contributed by atoms with E-state index in [4.69, 9.17) is 0 Å². The van der Waals surface area contributed by atoms with Gasteiger partial charge in [0.25, 0.3) is 0 Å². The van der Waals surface area contributed by atoms with E-state index in [1.54, 1.807) is 6.08 Å². The van der Waals surface area contributed by atoms with Gasteiger partial charge in [0.1, 0.15) is 0 Å². The SMILES string of the molecule is C=CC1=C(C=C)C2(CCNCC2)CC(=O)N1. The summed E-state index contributed by atoms with van der Waals surface area (Å²) in [4.78, 5) is 11.7. The second kappa shape index (κ2) is 4.26. The van der Waals surface area contributed by atoms with Crippen LogP contribution in [0.4, 0.5) is 0 Å². The molecule has 86 valence electrons. The second-order valence-electron chi connectivity index (χ2n) is 4.49. The molecule has 3 nitrogen and oxygen atoms in total. The molecule has 1 fully saturated rings. The van der Waals surface area contributed by atoms with Crippen LogP contribution in [-0.2, 0) is 4.79 Å². The van der Waals surface area contributed by atoms with E-state index in [1.165, 1.54) is 0 Å². The number of piperidine rings is 1. The molecule has 2 aliphatic heterocycles. The van der Waals surface area contributed by atoms with Crippen molar-refractivity contribution in [1.29, 1.82) is 0 Å². The van der Waals surface area contributed by atoms with Gasteiger partial charge < -0.3 is 10.6 Å². The maximum atomic E-state index is 11.7. The van der Waals surface area contributed by atoms with Crippen LogP contribution in [0.15, 0.2) is 36.6 Å². The third-order valence-electron chi connectivity index (χ3n) is 3.60. The van der Waals surface area contributed by atoms with Gasteiger partial charge in [0, 0.05) is 17.5 Å². The number of rotatable bonds is 2. The van der Waals surface area contributed by atoms with Gasteiger partial charge in [-0.3, -0.25) is 4.79 Å². The molecule has 0 aliphatic carbocycles. The lowest BCUT2D eigenvalue weighted by Crippen LogP contribution is -2.45. The van der Waals surface area contributed by atoms with Gasteiger partial charge in [-0.2, -0.15) is 0 Å². The average molecular weight is 218 g/mol. The van der Waals surface area contributed by atoms with Crippen molar-refractivity contribution in [3.05, 3.63) is 36.6 Å². The fourth-order valence-electron chi connectivity index (χ4n) is 2.79. The summed E-state index contributed by atoms with van der Waals surface area (Å²) < 4.78 is 0. The van der Waals surface area contributed by atoms with E-state index in [1.807, 2.05) is 6.08 Å². The van der Waals surface area contributed by atoms with Crippen LogP contribution in [0.3, 0.4) is 0 Å². The summed E-state index contributed by atoms with van der Waals surface area (Å²) in [5.41, 5.74) is 1.98. The lowest BCUT2D eigenvalue weighted by Gasteiger charge is -2.42. The first kappa shape index (κ1) is 11.1. The zero-order valence-corrected chi connectivity index (χ0v) is 9.51. The highest BCUT2D eigenvalue weighted by atomic mass is 16.1. The minimum atomic E-state index is -0.0150. The molecule has 0 unspecified atom stereocenters. The molecule has 0 aromatic carbocycles. The molecule has 2 N–H and O–H groups in total. The third kappa shape index (κ3) is 1.71. The minimum absolute atomic E-state index is 0.0150. The summed E-state index contributed by atoms with van der Waals surface area (Å²) in [6, 6.07) is 0. The molecule has 0 aromatic rings. The van der Waals surface area contributed by atoms with E-state index < -0.39 is 0 Å². The van der Waals surface area contributed by atoms with Crippen LogP contribution in [0.1, 0.15) is 19.3 Å². The van der Waals surface area contributed by atoms with Crippen LogP contribution in [0.25, 0.3) is 0 Å². The number of hydrogen-bond donors (Lipinski definition) is 2. The molecule has 0 radical (unpaired) electrons. The Bertz CT molecular complexity index is 362. The Balaban J connectivity index is 2.44. The largest absolute Gasteiger partial charge is 0.326 e. The fraction of sp³-hybridized carbons (Fsp3) is 0.462. The number of amides is 1. The molecule has 1 spiro atoms. The van der Waals surface area contributed by atoms with Crippen LogP contribution in [0, 0.1) is 5.41 Å². The monoisotopic (exact) mass is 218 g/mol. The van der Waals surface area contributed by atoms with Crippen molar-refractivity contribution in [1.82, 2.24) is 10.6 Å². The minimum Gasteiger partial charge on any atom is -0.326 e. The normalized spacial score (nSPS) is 24.1. The first-order valence-corrected chi connectivity index (χ1v) is 5.72. The van der Waals surface area contributed by atoms with Gasteiger partial charge in [0.2, 0.25) is 5.91 Å². The zero-order chi connectivity index (χ0) is 11.6. The zero-order valence-electron chi connectivity index (χ0n) is 9.51. The van der Waals surface area contributed by atoms with Gasteiger partial charge in [0.05, 0.1) is 0 Å². The Morgan fingerprint density at radius 3 is 2.44 bits per heavy atom. The summed E-state index contributed by atoms with van der Waals surface area (Å²) in [7, 11) is 0. The molecular weight excluding hydrogens is 200 g/mol. The molecule has 0 atom stereocenters. The first-order chi connectivity index (χ1) is 7.72. The standard InChI is InChI=1S/C13H18N2O/c1-3-10-11(4-2)15-12(16)9-13(10)5-7-14-8-6-13/h3-4,14H,1-2,5-9H2,(H,15,16). The summed E-state index contributed by atoms with van der Waals surface area (Å²) >= 11 is 0. The van der Waals surface area contributed by atoms with Crippen molar-refractivity contribution in [2.24, 2.45) is 5.41 Å². The molecule has 0 bridgehead atoms. The predicted octanol–water partition coefficient (Wildman–Crippen LogP) is 1.50. The summed E-state index contributed by atoms with van der Waals surface area (Å²) in [5, 5.41) is 6.20. The number of allylic oxidation sites excluding steroid dienone is 3. The van der Waals surface area contributed by atoms with E-state index in [9.17, 15) is 4.79 Å². The molecule has 0 saturated carbocycles. The highest BCUT2D eigenvalue weighted by Crippen LogP contribution is 2.44. The van der Waals surface area contributed by atoms with Gasteiger partial charge in [-0.1, -0.05) is 19.2 Å². The van der Waals surface area contributed by atoms with Crippen molar-refractivity contribution < 1.29 is 4.79 Å². The van der Waals surface area contributed by atoms with Gasteiger partial charge in [-0.15, -0.1) is 0 Å². The third-order valence-corrected chi connectivity index (χ3v) is 3.60. The lowest BCUT2D eigenvalue weighted by molar-refractivity contribution is -0.123. The maximum Gasteiger partial charge on any atom is 0.225 e. The van der Waals surface area contributed by atoms with Crippen LogP contribution < -0.4 is 10.6 Å². The van der Waals surface area contributed by atoms with Gasteiger partial charge in [-0.05, 0) is 37.6 Å². The lowest BCUT2D eigenvalue weighted by atomic mass is 9.68. The number of carbonyl (C=O) groups is 1. The molecule has 16 heavy (non-hydrogen) atoms. The molecule has 2 heterocycles. The molecule has 1 amide bonds. The molecule has 2 aliphatic rings. The van der Waals surface area contributed by atoms with Gasteiger partial charge in [0.15, 0.2) is 0 Å². The second-order valence-corrected chi connectivity index (χ2v) is 4.49. The van der Waals surface area contributed by atoms with Crippen LogP contribution in [-0.4, -0.2) is 19.0 Å². The quantitative estimate of drug-likeness (QED) is 0.737. The summed E-state index contributed by atoms with van der Waals surface area (Å²) in [6.45, 7) is 9.57. The number of nitrogens with one attached hydrogen (secondary N) is 2. The van der Waals surface area contributed by atoms with Gasteiger partial charge in [-0.25, -0.2) is 0 Å². The molecule has 3 heteroatoms. The van der Waals surface area contributed by atoms with E-state index in [2.05, 4.69) is 23.8 Å². The Labute approximate surface area is 96.3 Å². The van der Waals surface area contributed by atoms with Gasteiger partial charge >= 0.3 is 0 Å². The number of carbonyl (C=O) groups excluding carboxylic acids is 1. The van der Waals surface area contributed by atoms with Crippen molar-refractivity contribution in [2.45, 2.75) is 19.3 Å². The molecule has 2 rings (SSSR count). The Morgan fingerprint density at radius 1 is 1.19 bits per heavy atom. The van der Waals surface area contributed by atoms with Crippen LogP contribution >= 0.6 is 0 Å². The van der Waals surface area contributed by atoms with Crippen molar-refractivity contribution >= 4 is 5.91 Å². The Morgan fingerprint density at radius 2 is 1.88 bits per heavy atom. The highest BCUT2D eigenvalue weighted by Gasteiger charge is 2.40. The highest BCUT2D eigenvalue weighted by molar-refractivity contribution is 5.82. The van der Waals surface area contributed by atoms with Crippen molar-refractivity contribution in [2.75, 3.05) is 13.1 Å².